The van der Waals surface area contributed by atoms with Crippen molar-refractivity contribution in [1.29, 1.82) is 0 Å². The van der Waals surface area contributed by atoms with E-state index in [4.69, 9.17) is 10.5 Å². The number of nitrogens with two attached hydrogens (primary N) is 1. The number of nitrogens with zero attached hydrogens (tertiary/aromatic N) is 3. The molecule has 1 aromatic carbocycles. The summed E-state index contributed by atoms with van der Waals surface area (Å²) in [5.41, 5.74) is 9.16. The Balaban J connectivity index is 0.00000155. The van der Waals surface area contributed by atoms with Gasteiger partial charge in [-0.1, -0.05) is 32.0 Å². The average Bonchev–Trinajstić information content (AvgIpc) is 3.14. The summed E-state index contributed by atoms with van der Waals surface area (Å²) in [4.78, 5) is 22.6. The van der Waals surface area contributed by atoms with Gasteiger partial charge in [-0.15, -0.1) is 11.3 Å². The summed E-state index contributed by atoms with van der Waals surface area (Å²) >= 11 is 1.42. The molecule has 160 valence electrons. The molecule has 0 bridgehead atoms. The molecule has 2 heterocycles. The number of anilines is 2. The highest BCUT2D eigenvalue weighted by Gasteiger charge is 2.18. The van der Waals surface area contributed by atoms with Crippen molar-refractivity contribution in [3.05, 3.63) is 48.0 Å². The molecule has 3 rings (SSSR count). The number of likely N-dealkylation sites (N-methyl/N-ethyl adjacent to an activating group) is 1. The summed E-state index contributed by atoms with van der Waals surface area (Å²) in [6.45, 7) is 9.69. The molecule has 0 aliphatic carbocycles. The highest BCUT2D eigenvalue weighted by molar-refractivity contribution is 7.13. The minimum atomic E-state index is -0.507. The van der Waals surface area contributed by atoms with Gasteiger partial charge in [0.2, 0.25) is 0 Å². The minimum absolute atomic E-state index is 0.131. The summed E-state index contributed by atoms with van der Waals surface area (Å²) in [6, 6.07) is 12.0. The third-order valence-corrected chi connectivity index (χ3v) is 4.61. The van der Waals surface area contributed by atoms with Crippen LogP contribution in [0.1, 0.15) is 34.6 Å². The maximum absolute atomic E-state index is 12.1. The lowest BCUT2D eigenvalue weighted by atomic mass is 10.0. The van der Waals surface area contributed by atoms with Crippen molar-refractivity contribution >= 4 is 28.3 Å². The van der Waals surface area contributed by atoms with E-state index in [1.54, 1.807) is 11.1 Å². The maximum atomic E-state index is 12.1. The van der Waals surface area contributed by atoms with Gasteiger partial charge >= 0.3 is 5.97 Å². The largest absolute Gasteiger partial charge is 0.459 e. The van der Waals surface area contributed by atoms with E-state index in [0.29, 0.717) is 10.9 Å². The molecule has 0 saturated heterocycles. The lowest BCUT2D eigenvalue weighted by molar-refractivity contribution is -0.152. The molecular weight excluding hydrogens is 396 g/mol. The van der Waals surface area contributed by atoms with Crippen molar-refractivity contribution in [3.8, 4) is 22.4 Å². The Bertz CT molecular complexity index is 979. The molecule has 0 spiro atoms. The van der Waals surface area contributed by atoms with Gasteiger partial charge in [0.1, 0.15) is 18.0 Å². The van der Waals surface area contributed by atoms with E-state index in [1.165, 1.54) is 11.3 Å². The van der Waals surface area contributed by atoms with Gasteiger partial charge in [-0.05, 0) is 50.1 Å². The van der Waals surface area contributed by atoms with E-state index in [9.17, 15) is 4.79 Å². The number of rotatable bonds is 5. The van der Waals surface area contributed by atoms with Crippen molar-refractivity contribution < 1.29 is 9.53 Å². The van der Waals surface area contributed by atoms with E-state index >= 15 is 0 Å². The second kappa shape index (κ2) is 10.2. The number of benzene rings is 1. The summed E-state index contributed by atoms with van der Waals surface area (Å²) < 4.78 is 5.39. The molecular formula is C23H30N4O2S. The first kappa shape index (κ1) is 23.3. The van der Waals surface area contributed by atoms with E-state index in [2.05, 4.69) is 16.0 Å². The normalized spacial score (nSPS) is 10.7. The van der Waals surface area contributed by atoms with Crippen LogP contribution in [0.3, 0.4) is 0 Å². The highest BCUT2D eigenvalue weighted by Crippen LogP contribution is 2.29. The SMILES string of the molecule is CC.CN(CC(=O)OC(C)(C)C)c1cc(-c2cccc(-c3csc(N)n3)c2)ccn1. The Labute approximate surface area is 182 Å². The van der Waals surface area contributed by atoms with Crippen LogP contribution in [0.2, 0.25) is 0 Å². The standard InChI is InChI=1S/C21H24N4O2S.C2H6/c1-21(2,3)27-19(26)12-25(4)18-11-15(8-9-23-18)14-6-5-7-16(10-14)17-13-28-20(22)24-17;1-2/h5-11,13H,12H2,1-4H3,(H2,22,24);1-2H3. The number of carbonyl (C=O) groups excluding carboxylic acids is 1. The molecule has 7 heteroatoms. The third-order valence-electron chi connectivity index (χ3n) is 3.94. The number of esters is 1. The van der Waals surface area contributed by atoms with Crippen molar-refractivity contribution in [2.45, 2.75) is 40.2 Å². The van der Waals surface area contributed by atoms with Gasteiger partial charge in [0.05, 0.1) is 5.69 Å². The number of pyridine rings is 1. The molecule has 2 N–H and O–H groups in total. The summed E-state index contributed by atoms with van der Waals surface area (Å²) in [6.07, 6.45) is 1.74. The molecule has 0 aliphatic heterocycles. The van der Waals surface area contributed by atoms with Crippen molar-refractivity contribution in [3.63, 3.8) is 0 Å². The number of nitrogen functional groups attached to an aromatic ring is 1. The van der Waals surface area contributed by atoms with Crippen LogP contribution in [-0.4, -0.2) is 35.1 Å². The Morgan fingerprint density at radius 2 is 1.80 bits per heavy atom. The van der Waals surface area contributed by atoms with Gasteiger partial charge in [0.25, 0.3) is 0 Å². The molecule has 2 aromatic heterocycles. The van der Waals surface area contributed by atoms with Crippen LogP contribution in [0.25, 0.3) is 22.4 Å². The highest BCUT2D eigenvalue weighted by atomic mass is 32.1. The second-order valence-corrected chi connectivity index (χ2v) is 8.39. The van der Waals surface area contributed by atoms with Crippen LogP contribution in [0.5, 0.6) is 0 Å². The van der Waals surface area contributed by atoms with Crippen LogP contribution < -0.4 is 10.6 Å². The Morgan fingerprint density at radius 3 is 2.43 bits per heavy atom. The molecule has 0 amide bonds. The fraction of sp³-hybridized carbons (Fsp3) is 0.348. The first-order valence-electron chi connectivity index (χ1n) is 9.92. The van der Waals surface area contributed by atoms with E-state index in [-0.39, 0.29) is 12.5 Å². The smallest absolute Gasteiger partial charge is 0.326 e. The summed E-state index contributed by atoms with van der Waals surface area (Å²) in [5.74, 6) is 0.414. The fourth-order valence-corrected chi connectivity index (χ4v) is 3.31. The quantitative estimate of drug-likeness (QED) is 0.561. The Kier molecular flexibility index (Phi) is 7.94. The van der Waals surface area contributed by atoms with Crippen LogP contribution >= 0.6 is 11.3 Å². The average molecular weight is 427 g/mol. The van der Waals surface area contributed by atoms with Crippen molar-refractivity contribution in [2.75, 3.05) is 24.2 Å². The minimum Gasteiger partial charge on any atom is -0.459 e. The van der Waals surface area contributed by atoms with Gasteiger partial charge in [-0.2, -0.15) is 0 Å². The number of carbonyl (C=O) groups is 1. The van der Waals surface area contributed by atoms with E-state index in [1.807, 2.05) is 77.4 Å². The first-order valence-corrected chi connectivity index (χ1v) is 10.8. The number of hydrogen-bond acceptors (Lipinski definition) is 7. The topological polar surface area (TPSA) is 81.3 Å². The number of hydrogen-bond donors (Lipinski definition) is 1. The molecule has 0 aliphatic rings. The summed E-state index contributed by atoms with van der Waals surface area (Å²) in [7, 11) is 1.82. The van der Waals surface area contributed by atoms with E-state index in [0.717, 1.165) is 22.4 Å². The number of ether oxygens (including phenoxy) is 1. The van der Waals surface area contributed by atoms with Gasteiger partial charge in [0, 0.05) is 24.2 Å². The lowest BCUT2D eigenvalue weighted by Gasteiger charge is -2.23. The van der Waals surface area contributed by atoms with Crippen molar-refractivity contribution in [2.24, 2.45) is 0 Å². The molecule has 0 radical (unpaired) electrons. The molecule has 30 heavy (non-hydrogen) atoms. The second-order valence-electron chi connectivity index (χ2n) is 7.50. The molecule has 6 nitrogen and oxygen atoms in total. The third kappa shape index (κ3) is 6.56. The van der Waals surface area contributed by atoms with Crippen LogP contribution in [0.4, 0.5) is 10.9 Å². The molecule has 0 fully saturated rings. The van der Waals surface area contributed by atoms with Gasteiger partial charge < -0.3 is 15.4 Å². The first-order chi connectivity index (χ1) is 14.2. The Morgan fingerprint density at radius 1 is 1.13 bits per heavy atom. The molecule has 0 unspecified atom stereocenters. The van der Waals surface area contributed by atoms with Gasteiger partial charge in [0.15, 0.2) is 5.13 Å². The van der Waals surface area contributed by atoms with Gasteiger partial charge in [-0.25, -0.2) is 9.97 Å². The zero-order valence-electron chi connectivity index (χ0n) is 18.5. The zero-order chi connectivity index (χ0) is 22.3. The van der Waals surface area contributed by atoms with E-state index < -0.39 is 5.60 Å². The van der Waals surface area contributed by atoms with Gasteiger partial charge in [-0.3, -0.25) is 4.79 Å². The molecule has 3 aromatic rings. The summed E-state index contributed by atoms with van der Waals surface area (Å²) in [5, 5.41) is 2.50. The zero-order valence-corrected chi connectivity index (χ0v) is 19.3. The van der Waals surface area contributed by atoms with Crippen molar-refractivity contribution in [1.82, 2.24) is 9.97 Å². The molecule has 0 atom stereocenters. The van der Waals surface area contributed by atoms with Crippen LogP contribution in [0.15, 0.2) is 48.0 Å². The lowest BCUT2D eigenvalue weighted by Crippen LogP contribution is -2.33. The molecule has 0 saturated carbocycles. The number of thiazole rings is 1. The van der Waals surface area contributed by atoms with Crippen LogP contribution in [-0.2, 0) is 9.53 Å². The Hall–Kier alpha value is -2.93. The predicted molar refractivity (Wildman–Crippen MR) is 126 cm³/mol. The van der Waals surface area contributed by atoms with Crippen LogP contribution in [0, 0.1) is 0 Å². The fourth-order valence-electron chi connectivity index (χ4n) is 2.73. The number of aromatic nitrogens is 2. The predicted octanol–water partition coefficient (Wildman–Crippen LogP) is 5.26. The maximum Gasteiger partial charge on any atom is 0.326 e. The monoisotopic (exact) mass is 426 g/mol.